The van der Waals surface area contributed by atoms with Gasteiger partial charge in [0.1, 0.15) is 5.82 Å². The molecule has 0 fully saturated rings. The summed E-state index contributed by atoms with van der Waals surface area (Å²) in [5.41, 5.74) is 6.05. The molecule has 0 saturated heterocycles. The molecule has 0 unspecified atom stereocenters. The van der Waals surface area contributed by atoms with Crippen molar-refractivity contribution in [3.63, 3.8) is 0 Å². The summed E-state index contributed by atoms with van der Waals surface area (Å²) < 4.78 is 25.4. The molecule has 6 heteroatoms. The van der Waals surface area contributed by atoms with E-state index < -0.39 is 10.0 Å². The van der Waals surface area contributed by atoms with Crippen molar-refractivity contribution in [2.45, 2.75) is 13.3 Å². The molecule has 0 bridgehead atoms. The highest BCUT2D eigenvalue weighted by molar-refractivity contribution is 7.92. The molecule has 0 aliphatic rings. The van der Waals surface area contributed by atoms with Gasteiger partial charge in [0.2, 0.25) is 10.0 Å². The van der Waals surface area contributed by atoms with Crippen LogP contribution < -0.4 is 10.5 Å². The van der Waals surface area contributed by atoms with E-state index in [1.807, 2.05) is 0 Å². The van der Waals surface area contributed by atoms with Crippen LogP contribution in [0.3, 0.4) is 0 Å². The van der Waals surface area contributed by atoms with Crippen molar-refractivity contribution in [1.82, 2.24) is 4.98 Å². The first-order valence-electron chi connectivity index (χ1n) is 4.67. The van der Waals surface area contributed by atoms with Gasteiger partial charge in [-0.1, -0.05) is 6.07 Å². The molecule has 0 saturated carbocycles. The maximum absolute atomic E-state index is 11.5. The zero-order chi connectivity index (χ0) is 11.3. The van der Waals surface area contributed by atoms with Crippen LogP contribution >= 0.6 is 0 Å². The van der Waals surface area contributed by atoms with Gasteiger partial charge in [0.15, 0.2) is 0 Å². The van der Waals surface area contributed by atoms with Crippen molar-refractivity contribution in [2.75, 3.05) is 17.0 Å². The standard InChI is InChI=1S/C9H15N3O2S/c1-8-4-2-6-11-9(8)12-15(13,14)7-3-5-10/h2,4,6H,3,5,7,10H2,1H3,(H,11,12). The van der Waals surface area contributed by atoms with Crippen molar-refractivity contribution in [3.8, 4) is 0 Å². The normalized spacial score (nSPS) is 11.3. The van der Waals surface area contributed by atoms with Gasteiger partial charge in [-0.2, -0.15) is 0 Å². The number of pyridine rings is 1. The molecule has 0 spiro atoms. The van der Waals surface area contributed by atoms with E-state index in [0.29, 0.717) is 18.8 Å². The smallest absolute Gasteiger partial charge is 0.233 e. The van der Waals surface area contributed by atoms with Crippen LogP contribution in [0.25, 0.3) is 0 Å². The van der Waals surface area contributed by atoms with Gasteiger partial charge in [0.25, 0.3) is 0 Å². The van der Waals surface area contributed by atoms with Gasteiger partial charge in [-0.05, 0) is 31.5 Å². The lowest BCUT2D eigenvalue weighted by Gasteiger charge is -2.08. The fourth-order valence-electron chi connectivity index (χ4n) is 1.06. The molecule has 0 aliphatic carbocycles. The van der Waals surface area contributed by atoms with Crippen molar-refractivity contribution in [3.05, 3.63) is 23.9 Å². The van der Waals surface area contributed by atoms with Gasteiger partial charge in [-0.25, -0.2) is 13.4 Å². The molecule has 1 heterocycles. The quantitative estimate of drug-likeness (QED) is 0.769. The van der Waals surface area contributed by atoms with Crippen LogP contribution in [0.4, 0.5) is 5.82 Å². The molecule has 0 radical (unpaired) electrons. The maximum Gasteiger partial charge on any atom is 0.233 e. The Bertz CT molecular complexity index is 417. The van der Waals surface area contributed by atoms with Crippen LogP contribution in [0.2, 0.25) is 0 Å². The van der Waals surface area contributed by atoms with E-state index >= 15 is 0 Å². The van der Waals surface area contributed by atoms with Gasteiger partial charge in [0.05, 0.1) is 5.75 Å². The fourth-order valence-corrected chi connectivity index (χ4v) is 2.22. The Labute approximate surface area is 89.8 Å². The van der Waals surface area contributed by atoms with E-state index in [9.17, 15) is 8.42 Å². The third-order valence-corrected chi connectivity index (χ3v) is 3.21. The molecule has 3 N–H and O–H groups in total. The monoisotopic (exact) mass is 229 g/mol. The summed E-state index contributed by atoms with van der Waals surface area (Å²) in [6.45, 7) is 2.16. The second kappa shape index (κ2) is 5.09. The number of aryl methyl sites for hydroxylation is 1. The summed E-state index contributed by atoms with van der Waals surface area (Å²) in [6, 6.07) is 3.56. The highest BCUT2D eigenvalue weighted by Crippen LogP contribution is 2.11. The predicted octanol–water partition coefficient (Wildman–Crippen LogP) is 0.481. The molecule has 84 valence electrons. The van der Waals surface area contributed by atoms with Crippen LogP contribution in [0, 0.1) is 6.92 Å². The number of rotatable bonds is 5. The topological polar surface area (TPSA) is 85.1 Å². The van der Waals surface area contributed by atoms with Crippen molar-refractivity contribution < 1.29 is 8.42 Å². The van der Waals surface area contributed by atoms with Gasteiger partial charge in [0, 0.05) is 6.20 Å². The second-order valence-corrected chi connectivity index (χ2v) is 5.07. The summed E-state index contributed by atoms with van der Waals surface area (Å²) in [5, 5.41) is 0. The van der Waals surface area contributed by atoms with E-state index in [4.69, 9.17) is 5.73 Å². The molecular formula is C9H15N3O2S. The Balaban J connectivity index is 2.74. The van der Waals surface area contributed by atoms with Crippen molar-refractivity contribution in [2.24, 2.45) is 5.73 Å². The zero-order valence-corrected chi connectivity index (χ0v) is 9.42. The Hall–Kier alpha value is -1.14. The molecule has 0 aromatic carbocycles. The minimum Gasteiger partial charge on any atom is -0.330 e. The molecule has 1 rings (SSSR count). The van der Waals surface area contributed by atoms with E-state index in [1.54, 1.807) is 25.3 Å². The number of hydrogen-bond donors (Lipinski definition) is 2. The second-order valence-electron chi connectivity index (χ2n) is 3.23. The maximum atomic E-state index is 11.5. The first-order chi connectivity index (χ1) is 7.05. The highest BCUT2D eigenvalue weighted by atomic mass is 32.2. The number of aromatic nitrogens is 1. The van der Waals surface area contributed by atoms with Gasteiger partial charge in [-0.15, -0.1) is 0 Å². The van der Waals surface area contributed by atoms with Crippen LogP contribution in [0.5, 0.6) is 0 Å². The number of nitrogens with zero attached hydrogens (tertiary/aromatic N) is 1. The first kappa shape index (κ1) is 11.9. The molecule has 0 aliphatic heterocycles. The van der Waals surface area contributed by atoms with Gasteiger partial charge < -0.3 is 5.73 Å². The third-order valence-electron chi connectivity index (χ3n) is 1.88. The summed E-state index contributed by atoms with van der Waals surface area (Å²) in [5.74, 6) is 0.411. The van der Waals surface area contributed by atoms with Crippen LogP contribution in [-0.2, 0) is 10.0 Å². The predicted molar refractivity (Wildman–Crippen MR) is 60.1 cm³/mol. The molecular weight excluding hydrogens is 214 g/mol. The SMILES string of the molecule is Cc1cccnc1NS(=O)(=O)CCCN. The molecule has 15 heavy (non-hydrogen) atoms. The van der Waals surface area contributed by atoms with Crippen LogP contribution in [0.1, 0.15) is 12.0 Å². The Morgan fingerprint density at radius 2 is 2.27 bits per heavy atom. The number of sulfonamides is 1. The number of nitrogens with two attached hydrogens (primary N) is 1. The summed E-state index contributed by atoms with van der Waals surface area (Å²) in [4.78, 5) is 3.95. The summed E-state index contributed by atoms with van der Waals surface area (Å²) in [6.07, 6.45) is 2.00. The van der Waals surface area contributed by atoms with E-state index in [0.717, 1.165) is 5.56 Å². The first-order valence-corrected chi connectivity index (χ1v) is 6.32. The lowest BCUT2D eigenvalue weighted by Crippen LogP contribution is -2.20. The van der Waals surface area contributed by atoms with Crippen LogP contribution in [-0.4, -0.2) is 25.7 Å². The molecule has 1 aromatic rings. The molecule has 0 atom stereocenters. The number of anilines is 1. The Morgan fingerprint density at radius 3 is 2.87 bits per heavy atom. The minimum absolute atomic E-state index is 0.0273. The zero-order valence-electron chi connectivity index (χ0n) is 8.60. The van der Waals surface area contributed by atoms with Crippen molar-refractivity contribution >= 4 is 15.8 Å². The van der Waals surface area contributed by atoms with Crippen molar-refractivity contribution in [1.29, 1.82) is 0 Å². The third kappa shape index (κ3) is 3.85. The highest BCUT2D eigenvalue weighted by Gasteiger charge is 2.11. The lowest BCUT2D eigenvalue weighted by molar-refractivity contribution is 0.598. The van der Waals surface area contributed by atoms with E-state index in [2.05, 4.69) is 9.71 Å². The van der Waals surface area contributed by atoms with E-state index in [-0.39, 0.29) is 5.75 Å². The largest absolute Gasteiger partial charge is 0.330 e. The average molecular weight is 229 g/mol. The van der Waals surface area contributed by atoms with Crippen LogP contribution in [0.15, 0.2) is 18.3 Å². The van der Waals surface area contributed by atoms with E-state index in [1.165, 1.54) is 0 Å². The Morgan fingerprint density at radius 1 is 1.53 bits per heavy atom. The molecule has 0 amide bonds. The lowest BCUT2D eigenvalue weighted by atomic mass is 10.3. The summed E-state index contributed by atoms with van der Waals surface area (Å²) >= 11 is 0. The molecule has 1 aromatic heterocycles. The Kier molecular flexibility index (Phi) is 4.05. The number of nitrogens with one attached hydrogen (secondary N) is 1. The van der Waals surface area contributed by atoms with Gasteiger partial charge in [-0.3, -0.25) is 4.72 Å². The van der Waals surface area contributed by atoms with Gasteiger partial charge >= 0.3 is 0 Å². The molecule has 5 nitrogen and oxygen atoms in total. The summed E-state index contributed by atoms with van der Waals surface area (Å²) in [7, 11) is -3.31. The average Bonchev–Trinajstić information content (AvgIpc) is 2.18. The fraction of sp³-hybridized carbons (Fsp3) is 0.444. The number of hydrogen-bond acceptors (Lipinski definition) is 4. The minimum atomic E-state index is -3.31.